The van der Waals surface area contributed by atoms with Crippen LogP contribution in [-0.2, 0) is 16.3 Å². The van der Waals surface area contributed by atoms with E-state index in [1.165, 1.54) is 16.7 Å². The molecule has 2 aromatic carbocycles. The molecule has 5 nitrogen and oxygen atoms in total. The molecule has 0 unspecified atom stereocenters. The quantitative estimate of drug-likeness (QED) is 0.245. The molecule has 2 aromatic rings. The van der Waals surface area contributed by atoms with Crippen LogP contribution in [0.15, 0.2) is 58.4 Å². The maximum atomic E-state index is 12.3. The maximum absolute atomic E-state index is 12.3. The van der Waals surface area contributed by atoms with E-state index in [1.807, 2.05) is 6.07 Å². The van der Waals surface area contributed by atoms with Crippen molar-refractivity contribution in [3.8, 4) is 0 Å². The molecule has 0 atom stereocenters. The van der Waals surface area contributed by atoms with E-state index in [1.54, 1.807) is 31.3 Å². The van der Waals surface area contributed by atoms with E-state index < -0.39 is 9.84 Å². The van der Waals surface area contributed by atoms with Gasteiger partial charge in [-0.25, -0.2) is 8.42 Å². The van der Waals surface area contributed by atoms with Crippen molar-refractivity contribution < 1.29 is 8.42 Å². The highest BCUT2D eigenvalue weighted by Crippen LogP contribution is 2.11. The highest BCUT2D eigenvalue weighted by molar-refractivity contribution is 14.0. The second kappa shape index (κ2) is 12.1. The van der Waals surface area contributed by atoms with Crippen molar-refractivity contribution in [3.05, 3.63) is 65.2 Å². The Bertz CT molecular complexity index is 848. The molecular weight excluding hydrogens is 485 g/mol. The zero-order chi connectivity index (χ0) is 19.7. The van der Waals surface area contributed by atoms with Gasteiger partial charge in [-0.15, -0.1) is 24.0 Å². The Labute approximate surface area is 186 Å². The molecule has 0 saturated carbocycles. The summed E-state index contributed by atoms with van der Waals surface area (Å²) in [5.41, 5.74) is 3.84. The lowest BCUT2D eigenvalue weighted by molar-refractivity contribution is 0.592. The summed E-state index contributed by atoms with van der Waals surface area (Å²) >= 11 is 0. The largest absolute Gasteiger partial charge is 0.356 e. The van der Waals surface area contributed by atoms with Crippen molar-refractivity contribution in [2.45, 2.75) is 31.6 Å². The molecule has 0 aliphatic rings. The number of hydrogen-bond acceptors (Lipinski definition) is 3. The second-order valence-corrected chi connectivity index (χ2v) is 8.77. The average Bonchev–Trinajstić information content (AvgIpc) is 2.63. The number of aryl methyl sites for hydroxylation is 2. The van der Waals surface area contributed by atoms with Gasteiger partial charge in [0.2, 0.25) is 0 Å². The highest BCUT2D eigenvalue weighted by Gasteiger charge is 2.13. The number of nitrogens with zero attached hydrogens (tertiary/aromatic N) is 1. The molecule has 0 amide bonds. The molecule has 0 aliphatic heterocycles. The van der Waals surface area contributed by atoms with Crippen LogP contribution in [0.4, 0.5) is 0 Å². The van der Waals surface area contributed by atoms with Crippen molar-refractivity contribution >= 4 is 39.8 Å². The Morgan fingerprint density at radius 2 is 1.57 bits per heavy atom. The van der Waals surface area contributed by atoms with Crippen LogP contribution in [0.5, 0.6) is 0 Å². The van der Waals surface area contributed by atoms with Gasteiger partial charge in [-0.1, -0.05) is 47.5 Å². The molecule has 0 bridgehead atoms. The van der Waals surface area contributed by atoms with Crippen LogP contribution < -0.4 is 10.6 Å². The molecule has 0 aromatic heterocycles. The maximum Gasteiger partial charge on any atom is 0.190 e. The van der Waals surface area contributed by atoms with Crippen LogP contribution in [-0.4, -0.2) is 40.3 Å². The SMILES string of the molecule is CN=C(NCCCS(=O)(=O)c1ccccc1)NCCc1cc(C)cc(C)c1.I. The van der Waals surface area contributed by atoms with Crippen molar-refractivity contribution in [1.82, 2.24) is 10.6 Å². The molecule has 0 heterocycles. The molecule has 7 heteroatoms. The van der Waals surface area contributed by atoms with E-state index in [9.17, 15) is 8.42 Å². The predicted octanol–water partition coefficient (Wildman–Crippen LogP) is 3.49. The van der Waals surface area contributed by atoms with Crippen LogP contribution in [0.1, 0.15) is 23.1 Å². The zero-order valence-electron chi connectivity index (χ0n) is 16.7. The lowest BCUT2D eigenvalue weighted by atomic mass is 10.1. The van der Waals surface area contributed by atoms with Gasteiger partial charge in [0.05, 0.1) is 10.6 Å². The van der Waals surface area contributed by atoms with E-state index in [0.717, 1.165) is 13.0 Å². The third kappa shape index (κ3) is 8.18. The first-order valence-corrected chi connectivity index (χ1v) is 10.9. The summed E-state index contributed by atoms with van der Waals surface area (Å²) in [5.74, 6) is 0.806. The number of rotatable bonds is 8. The number of halogens is 1. The average molecular weight is 515 g/mol. The Balaban J connectivity index is 0.00000392. The number of benzene rings is 2. The number of sulfone groups is 1. The fraction of sp³-hybridized carbons (Fsp3) is 0.381. The molecule has 0 spiro atoms. The first kappa shape index (κ1) is 24.4. The minimum absolute atomic E-state index is 0. The van der Waals surface area contributed by atoms with Gasteiger partial charge in [0.1, 0.15) is 0 Å². The van der Waals surface area contributed by atoms with Gasteiger partial charge >= 0.3 is 0 Å². The van der Waals surface area contributed by atoms with E-state index in [0.29, 0.717) is 23.8 Å². The Morgan fingerprint density at radius 3 is 2.18 bits per heavy atom. The van der Waals surface area contributed by atoms with Crippen LogP contribution in [0.25, 0.3) is 0 Å². The first-order valence-electron chi connectivity index (χ1n) is 9.20. The van der Waals surface area contributed by atoms with E-state index in [-0.39, 0.29) is 29.7 Å². The topological polar surface area (TPSA) is 70.6 Å². The molecular formula is C21H30IN3O2S. The molecule has 2 rings (SSSR count). The van der Waals surface area contributed by atoms with Gasteiger partial charge in [0.25, 0.3) is 0 Å². The minimum Gasteiger partial charge on any atom is -0.356 e. The molecule has 0 saturated heterocycles. The van der Waals surface area contributed by atoms with Crippen LogP contribution in [0, 0.1) is 13.8 Å². The monoisotopic (exact) mass is 515 g/mol. The lowest BCUT2D eigenvalue weighted by Crippen LogP contribution is -2.39. The minimum atomic E-state index is -3.23. The number of aliphatic imine (C=N–C) groups is 1. The molecule has 28 heavy (non-hydrogen) atoms. The fourth-order valence-electron chi connectivity index (χ4n) is 2.97. The van der Waals surface area contributed by atoms with Crippen LogP contribution >= 0.6 is 24.0 Å². The highest BCUT2D eigenvalue weighted by atomic mass is 127. The Kier molecular flexibility index (Phi) is 10.5. The van der Waals surface area contributed by atoms with Gasteiger partial charge in [-0.05, 0) is 44.4 Å². The summed E-state index contributed by atoms with van der Waals surface area (Å²) in [5, 5.41) is 6.45. The Hall–Kier alpha value is -1.61. The van der Waals surface area contributed by atoms with E-state index >= 15 is 0 Å². The lowest BCUT2D eigenvalue weighted by Gasteiger charge is -2.12. The Morgan fingerprint density at radius 1 is 0.964 bits per heavy atom. The molecule has 154 valence electrons. The zero-order valence-corrected chi connectivity index (χ0v) is 19.9. The number of guanidine groups is 1. The molecule has 0 aliphatic carbocycles. The predicted molar refractivity (Wildman–Crippen MR) is 128 cm³/mol. The molecule has 0 fully saturated rings. The van der Waals surface area contributed by atoms with Crippen LogP contribution in [0.2, 0.25) is 0 Å². The summed E-state index contributed by atoms with van der Waals surface area (Å²) in [7, 11) is -1.51. The molecule has 2 N–H and O–H groups in total. The normalized spacial score (nSPS) is 11.6. The number of nitrogens with one attached hydrogen (secondary N) is 2. The van der Waals surface area contributed by atoms with Gasteiger partial charge in [-0.2, -0.15) is 0 Å². The standard InChI is InChI=1S/C21H29N3O2S.HI/c1-17-14-18(2)16-19(15-17)10-12-24-21(22-3)23-11-7-13-27(25,26)20-8-5-4-6-9-20;/h4-6,8-9,14-16H,7,10-13H2,1-3H3,(H2,22,23,24);1H. The van der Waals surface area contributed by atoms with Crippen molar-refractivity contribution in [2.75, 3.05) is 25.9 Å². The van der Waals surface area contributed by atoms with Gasteiger partial charge < -0.3 is 10.6 Å². The summed E-state index contributed by atoms with van der Waals surface area (Å²) in [6.07, 6.45) is 1.43. The van der Waals surface area contributed by atoms with Gasteiger partial charge in [0.15, 0.2) is 15.8 Å². The molecule has 0 radical (unpaired) electrons. The van der Waals surface area contributed by atoms with E-state index in [2.05, 4.69) is 47.7 Å². The third-order valence-corrected chi connectivity index (χ3v) is 6.01. The summed E-state index contributed by atoms with van der Waals surface area (Å²) in [6.45, 7) is 5.53. The van der Waals surface area contributed by atoms with E-state index in [4.69, 9.17) is 0 Å². The fourth-order valence-corrected chi connectivity index (χ4v) is 4.31. The summed E-state index contributed by atoms with van der Waals surface area (Å²) < 4.78 is 24.5. The van der Waals surface area contributed by atoms with Gasteiger partial charge in [0, 0.05) is 20.1 Å². The van der Waals surface area contributed by atoms with Crippen molar-refractivity contribution in [1.29, 1.82) is 0 Å². The van der Waals surface area contributed by atoms with Crippen molar-refractivity contribution in [2.24, 2.45) is 4.99 Å². The first-order chi connectivity index (χ1) is 12.9. The third-order valence-electron chi connectivity index (χ3n) is 4.20. The van der Waals surface area contributed by atoms with Crippen LogP contribution in [0.3, 0.4) is 0 Å². The summed E-state index contributed by atoms with van der Waals surface area (Å²) in [6, 6.07) is 15.1. The van der Waals surface area contributed by atoms with Crippen molar-refractivity contribution in [3.63, 3.8) is 0 Å². The van der Waals surface area contributed by atoms with Gasteiger partial charge in [-0.3, -0.25) is 4.99 Å². The summed E-state index contributed by atoms with van der Waals surface area (Å²) in [4.78, 5) is 4.57. The smallest absolute Gasteiger partial charge is 0.190 e. The second-order valence-electron chi connectivity index (χ2n) is 6.66. The number of hydrogen-bond donors (Lipinski definition) is 2.